The fraction of sp³-hybridized carbons (Fsp3) is 0.250. The largest absolute Gasteiger partial charge is 0.240 e. The van der Waals surface area contributed by atoms with Crippen LogP contribution in [0.1, 0.15) is 11.1 Å². The molecule has 0 radical (unpaired) electrons. The molecular formula is C16H16Cl2FNO2S2. The Morgan fingerprint density at radius 3 is 2.46 bits per heavy atom. The van der Waals surface area contributed by atoms with E-state index in [2.05, 4.69) is 4.72 Å². The first kappa shape index (κ1) is 19.5. The molecule has 0 saturated heterocycles. The molecule has 0 heterocycles. The number of benzene rings is 2. The van der Waals surface area contributed by atoms with Gasteiger partial charge in [0.15, 0.2) is 0 Å². The summed E-state index contributed by atoms with van der Waals surface area (Å²) in [4.78, 5) is 0.0862. The third kappa shape index (κ3) is 5.10. The van der Waals surface area contributed by atoms with Crippen molar-refractivity contribution in [1.29, 1.82) is 0 Å². The van der Waals surface area contributed by atoms with Crippen LogP contribution in [0.3, 0.4) is 0 Å². The number of hydrogen-bond acceptors (Lipinski definition) is 3. The maximum absolute atomic E-state index is 13.1. The maximum atomic E-state index is 13.1. The molecule has 0 aliphatic rings. The Hall–Kier alpha value is -0.790. The normalized spacial score (nSPS) is 11.7. The first-order valence-corrected chi connectivity index (χ1v) is 10.5. The van der Waals surface area contributed by atoms with E-state index in [0.29, 0.717) is 27.1 Å². The summed E-state index contributed by atoms with van der Waals surface area (Å²) in [6.07, 6.45) is 0. The number of hydrogen-bond donors (Lipinski definition) is 1. The van der Waals surface area contributed by atoms with Crippen LogP contribution in [0.15, 0.2) is 41.3 Å². The Morgan fingerprint density at radius 1 is 1.17 bits per heavy atom. The van der Waals surface area contributed by atoms with Crippen molar-refractivity contribution in [2.45, 2.75) is 17.6 Å². The van der Waals surface area contributed by atoms with Gasteiger partial charge in [-0.2, -0.15) is 11.8 Å². The minimum atomic E-state index is -3.65. The lowest BCUT2D eigenvalue weighted by atomic mass is 10.2. The monoisotopic (exact) mass is 407 g/mol. The lowest BCUT2D eigenvalue weighted by Gasteiger charge is -2.10. The first-order chi connectivity index (χ1) is 11.3. The van der Waals surface area contributed by atoms with Crippen LogP contribution in [-0.4, -0.2) is 20.7 Å². The van der Waals surface area contributed by atoms with E-state index in [9.17, 15) is 12.8 Å². The average Bonchev–Trinajstić information content (AvgIpc) is 2.49. The van der Waals surface area contributed by atoms with Crippen molar-refractivity contribution in [2.75, 3.05) is 12.3 Å². The Kier molecular flexibility index (Phi) is 6.95. The lowest BCUT2D eigenvalue weighted by molar-refractivity contribution is 0.582. The standard InChI is InChI=1S/C16H16Cl2FNO2S2/c1-11-9-12(19)5-6-16(11)24(21,22)20-7-8-23-10-13-14(17)3-2-4-15(13)18/h2-6,9,20H,7-8,10H2,1H3. The molecule has 2 aromatic rings. The summed E-state index contributed by atoms with van der Waals surface area (Å²) < 4.78 is 40.0. The van der Waals surface area contributed by atoms with Crippen molar-refractivity contribution >= 4 is 45.0 Å². The molecule has 0 aliphatic heterocycles. The van der Waals surface area contributed by atoms with Gasteiger partial charge in [-0.15, -0.1) is 0 Å². The highest BCUT2D eigenvalue weighted by Gasteiger charge is 2.16. The van der Waals surface area contributed by atoms with Crippen molar-refractivity contribution in [3.05, 3.63) is 63.4 Å². The van der Waals surface area contributed by atoms with E-state index in [1.54, 1.807) is 25.1 Å². The molecule has 2 rings (SSSR count). The van der Waals surface area contributed by atoms with Crippen LogP contribution in [0.25, 0.3) is 0 Å². The Labute approximate surface area is 155 Å². The molecule has 2 aromatic carbocycles. The van der Waals surface area contributed by atoms with E-state index in [0.717, 1.165) is 11.6 Å². The number of sulfonamides is 1. The molecule has 0 aliphatic carbocycles. The quantitative estimate of drug-likeness (QED) is 0.679. The second-order valence-corrected chi connectivity index (χ2v) is 8.72. The van der Waals surface area contributed by atoms with E-state index < -0.39 is 15.8 Å². The number of aryl methyl sites for hydroxylation is 1. The molecule has 0 saturated carbocycles. The van der Waals surface area contributed by atoms with Crippen LogP contribution in [-0.2, 0) is 15.8 Å². The summed E-state index contributed by atoms with van der Waals surface area (Å²) >= 11 is 13.7. The van der Waals surface area contributed by atoms with E-state index in [-0.39, 0.29) is 11.4 Å². The zero-order valence-corrected chi connectivity index (χ0v) is 16.0. The number of halogens is 3. The van der Waals surface area contributed by atoms with Crippen LogP contribution < -0.4 is 4.72 Å². The molecular weight excluding hydrogens is 392 g/mol. The smallest absolute Gasteiger partial charge is 0.210 e. The molecule has 0 aromatic heterocycles. The minimum Gasteiger partial charge on any atom is -0.210 e. The molecule has 0 unspecified atom stereocenters. The van der Waals surface area contributed by atoms with E-state index >= 15 is 0 Å². The minimum absolute atomic E-state index is 0.0862. The second-order valence-electron chi connectivity index (χ2n) is 5.06. The summed E-state index contributed by atoms with van der Waals surface area (Å²) in [5.41, 5.74) is 1.21. The molecule has 0 atom stereocenters. The van der Waals surface area contributed by atoms with Gasteiger partial charge in [0.1, 0.15) is 5.82 Å². The summed E-state index contributed by atoms with van der Waals surface area (Å²) in [5, 5.41) is 1.19. The van der Waals surface area contributed by atoms with Crippen molar-refractivity contribution in [1.82, 2.24) is 4.72 Å². The molecule has 0 amide bonds. The van der Waals surface area contributed by atoms with Crippen molar-refractivity contribution in [2.24, 2.45) is 0 Å². The van der Waals surface area contributed by atoms with Gasteiger partial charge in [0, 0.05) is 28.1 Å². The lowest BCUT2D eigenvalue weighted by Crippen LogP contribution is -2.26. The van der Waals surface area contributed by atoms with Gasteiger partial charge in [-0.25, -0.2) is 17.5 Å². The zero-order valence-electron chi connectivity index (χ0n) is 12.9. The average molecular weight is 408 g/mol. The van der Waals surface area contributed by atoms with Gasteiger partial charge >= 0.3 is 0 Å². The van der Waals surface area contributed by atoms with Gasteiger partial charge in [0.05, 0.1) is 4.90 Å². The first-order valence-electron chi connectivity index (χ1n) is 7.08. The predicted molar refractivity (Wildman–Crippen MR) is 98.9 cm³/mol. The second kappa shape index (κ2) is 8.54. The van der Waals surface area contributed by atoms with Gasteiger partial charge < -0.3 is 0 Å². The van der Waals surface area contributed by atoms with Crippen LogP contribution >= 0.6 is 35.0 Å². The summed E-state index contributed by atoms with van der Waals surface area (Å²) in [7, 11) is -3.65. The number of nitrogens with one attached hydrogen (secondary N) is 1. The number of rotatable bonds is 7. The summed E-state index contributed by atoms with van der Waals surface area (Å²) in [6, 6.07) is 8.91. The van der Waals surface area contributed by atoms with Gasteiger partial charge in [0.25, 0.3) is 0 Å². The van der Waals surface area contributed by atoms with Crippen LogP contribution in [0.2, 0.25) is 10.0 Å². The topological polar surface area (TPSA) is 46.2 Å². The Morgan fingerprint density at radius 2 is 1.83 bits per heavy atom. The van der Waals surface area contributed by atoms with E-state index in [1.165, 1.54) is 23.9 Å². The third-order valence-electron chi connectivity index (χ3n) is 3.27. The van der Waals surface area contributed by atoms with Crippen molar-refractivity contribution in [3.63, 3.8) is 0 Å². The van der Waals surface area contributed by atoms with Gasteiger partial charge in [-0.05, 0) is 48.4 Å². The molecule has 1 N–H and O–H groups in total. The molecule has 130 valence electrons. The molecule has 8 heteroatoms. The highest BCUT2D eigenvalue weighted by atomic mass is 35.5. The third-order valence-corrected chi connectivity index (χ3v) is 6.59. The van der Waals surface area contributed by atoms with E-state index in [4.69, 9.17) is 23.2 Å². The fourth-order valence-electron chi connectivity index (χ4n) is 2.08. The highest BCUT2D eigenvalue weighted by molar-refractivity contribution is 7.98. The molecule has 0 bridgehead atoms. The maximum Gasteiger partial charge on any atom is 0.240 e. The molecule has 24 heavy (non-hydrogen) atoms. The van der Waals surface area contributed by atoms with Gasteiger partial charge in [-0.1, -0.05) is 29.3 Å². The van der Waals surface area contributed by atoms with E-state index in [1.807, 2.05) is 0 Å². The Bertz CT molecular complexity index is 809. The highest BCUT2D eigenvalue weighted by Crippen LogP contribution is 2.28. The van der Waals surface area contributed by atoms with Gasteiger partial charge in [-0.3, -0.25) is 0 Å². The molecule has 3 nitrogen and oxygen atoms in total. The predicted octanol–water partition coefficient (Wildman–Crippen LogP) is 4.65. The summed E-state index contributed by atoms with van der Waals surface area (Å²) in [6.45, 7) is 1.82. The van der Waals surface area contributed by atoms with Crippen molar-refractivity contribution < 1.29 is 12.8 Å². The van der Waals surface area contributed by atoms with Crippen molar-refractivity contribution in [3.8, 4) is 0 Å². The summed E-state index contributed by atoms with van der Waals surface area (Å²) in [5.74, 6) is 0.690. The van der Waals surface area contributed by atoms with Crippen LogP contribution in [0, 0.1) is 12.7 Å². The fourth-order valence-corrected chi connectivity index (χ4v) is 5.07. The van der Waals surface area contributed by atoms with Gasteiger partial charge in [0.2, 0.25) is 10.0 Å². The molecule has 0 spiro atoms. The van der Waals surface area contributed by atoms with Crippen LogP contribution in [0.4, 0.5) is 4.39 Å². The SMILES string of the molecule is Cc1cc(F)ccc1S(=O)(=O)NCCSCc1c(Cl)cccc1Cl. The molecule has 0 fully saturated rings. The Balaban J connectivity index is 1.87. The van der Waals surface area contributed by atoms with Crippen LogP contribution in [0.5, 0.6) is 0 Å². The number of thioether (sulfide) groups is 1. The zero-order chi connectivity index (χ0) is 17.7.